The summed E-state index contributed by atoms with van der Waals surface area (Å²) in [6.07, 6.45) is 5.48. The van der Waals surface area contributed by atoms with Crippen LogP contribution in [0.25, 0.3) is 11.3 Å². The quantitative estimate of drug-likeness (QED) is 0.492. The minimum atomic E-state index is -0.144. The molecule has 0 saturated carbocycles. The molecule has 2 heterocycles. The van der Waals surface area contributed by atoms with Gasteiger partial charge in [-0.2, -0.15) is 5.10 Å². The zero-order chi connectivity index (χ0) is 22.0. The first-order chi connectivity index (χ1) is 14.9. The van der Waals surface area contributed by atoms with Gasteiger partial charge in [-0.1, -0.05) is 18.2 Å². The first-order valence-electron chi connectivity index (χ1n) is 9.98. The number of aromatic nitrogens is 4. The van der Waals surface area contributed by atoms with Gasteiger partial charge in [0.15, 0.2) is 0 Å². The van der Waals surface area contributed by atoms with Crippen LogP contribution < -0.4 is 10.6 Å². The summed E-state index contributed by atoms with van der Waals surface area (Å²) in [4.78, 5) is 21.7. The number of para-hydroxylation sites is 1. The van der Waals surface area contributed by atoms with Gasteiger partial charge in [0.1, 0.15) is 0 Å². The van der Waals surface area contributed by atoms with E-state index in [0.717, 1.165) is 39.3 Å². The molecule has 1 amide bonds. The number of amides is 1. The summed E-state index contributed by atoms with van der Waals surface area (Å²) < 4.78 is 1.74. The Labute approximate surface area is 181 Å². The average molecular weight is 412 g/mol. The van der Waals surface area contributed by atoms with Gasteiger partial charge in [0.2, 0.25) is 5.95 Å². The topological polar surface area (TPSA) is 84.7 Å². The van der Waals surface area contributed by atoms with E-state index in [9.17, 15) is 4.79 Å². The van der Waals surface area contributed by atoms with Gasteiger partial charge >= 0.3 is 0 Å². The van der Waals surface area contributed by atoms with Gasteiger partial charge in [0.25, 0.3) is 5.91 Å². The molecular weight excluding hydrogens is 388 g/mol. The van der Waals surface area contributed by atoms with Crippen molar-refractivity contribution in [3.63, 3.8) is 0 Å². The lowest BCUT2D eigenvalue weighted by molar-refractivity contribution is 0.102. The first-order valence-corrected chi connectivity index (χ1v) is 9.98. The maximum atomic E-state index is 12.7. The minimum Gasteiger partial charge on any atom is -0.324 e. The predicted octanol–water partition coefficient (Wildman–Crippen LogP) is 4.80. The second-order valence-corrected chi connectivity index (χ2v) is 7.55. The SMILES string of the molecule is Cc1cnc(Nc2ccc(C(=O)Nc3c(C)cccc3C)cc2)nc1-c1cnn(C)c1. The van der Waals surface area contributed by atoms with Crippen molar-refractivity contribution in [3.05, 3.63) is 83.3 Å². The summed E-state index contributed by atoms with van der Waals surface area (Å²) in [6, 6.07) is 13.2. The van der Waals surface area contributed by atoms with Gasteiger partial charge in [-0.3, -0.25) is 9.48 Å². The van der Waals surface area contributed by atoms with E-state index in [4.69, 9.17) is 0 Å². The third kappa shape index (κ3) is 4.45. The number of benzene rings is 2. The monoisotopic (exact) mass is 412 g/mol. The van der Waals surface area contributed by atoms with E-state index < -0.39 is 0 Å². The molecule has 31 heavy (non-hydrogen) atoms. The summed E-state index contributed by atoms with van der Waals surface area (Å²) in [5.74, 6) is 0.339. The summed E-state index contributed by atoms with van der Waals surface area (Å²) in [5.41, 5.74) is 7.03. The molecule has 0 aliphatic carbocycles. The van der Waals surface area contributed by atoms with E-state index in [0.29, 0.717) is 11.5 Å². The Kier molecular flexibility index (Phi) is 5.49. The number of carbonyl (C=O) groups is 1. The molecule has 4 rings (SSSR count). The Bertz CT molecular complexity index is 1220. The maximum Gasteiger partial charge on any atom is 0.255 e. The van der Waals surface area contributed by atoms with Crippen molar-refractivity contribution in [2.24, 2.45) is 7.05 Å². The molecule has 0 spiro atoms. The molecule has 0 atom stereocenters. The highest BCUT2D eigenvalue weighted by molar-refractivity contribution is 6.05. The number of hydrogen-bond acceptors (Lipinski definition) is 5. The van der Waals surface area contributed by atoms with Crippen molar-refractivity contribution in [2.75, 3.05) is 10.6 Å². The Balaban J connectivity index is 1.49. The average Bonchev–Trinajstić information content (AvgIpc) is 3.18. The Morgan fingerprint density at radius 1 is 0.935 bits per heavy atom. The van der Waals surface area contributed by atoms with Crippen LogP contribution in [0.3, 0.4) is 0 Å². The summed E-state index contributed by atoms with van der Waals surface area (Å²) in [7, 11) is 1.87. The highest BCUT2D eigenvalue weighted by Crippen LogP contribution is 2.23. The maximum absolute atomic E-state index is 12.7. The number of anilines is 3. The molecule has 7 nitrogen and oxygen atoms in total. The summed E-state index contributed by atoms with van der Waals surface area (Å²) >= 11 is 0. The Hall–Kier alpha value is -4.00. The standard InChI is InChI=1S/C24H24N6O/c1-15-6-5-7-16(2)21(15)28-23(31)18-8-10-20(11-9-18)27-24-25-12-17(3)22(29-24)19-13-26-30(4)14-19/h5-14H,1-4H3,(H,28,31)(H,25,27,29). The molecule has 2 aromatic heterocycles. The molecule has 0 fully saturated rings. The number of rotatable bonds is 5. The van der Waals surface area contributed by atoms with E-state index >= 15 is 0 Å². The number of hydrogen-bond donors (Lipinski definition) is 2. The van der Waals surface area contributed by atoms with Gasteiger partial charge in [-0.25, -0.2) is 9.97 Å². The molecule has 2 N–H and O–H groups in total. The number of nitrogens with one attached hydrogen (secondary N) is 2. The lowest BCUT2D eigenvalue weighted by Gasteiger charge is -2.12. The highest BCUT2D eigenvalue weighted by Gasteiger charge is 2.11. The summed E-state index contributed by atoms with van der Waals surface area (Å²) in [5, 5.41) is 10.4. The fourth-order valence-electron chi connectivity index (χ4n) is 3.37. The van der Waals surface area contributed by atoms with Crippen LogP contribution in [0.15, 0.2) is 61.1 Å². The van der Waals surface area contributed by atoms with E-state index in [-0.39, 0.29) is 5.91 Å². The van der Waals surface area contributed by atoms with Crippen molar-refractivity contribution >= 4 is 23.2 Å². The zero-order valence-corrected chi connectivity index (χ0v) is 18.0. The highest BCUT2D eigenvalue weighted by atomic mass is 16.1. The van der Waals surface area contributed by atoms with Crippen LogP contribution in [0, 0.1) is 20.8 Å². The summed E-state index contributed by atoms with van der Waals surface area (Å²) in [6.45, 7) is 5.93. The van der Waals surface area contributed by atoms with Crippen molar-refractivity contribution in [1.82, 2.24) is 19.7 Å². The Morgan fingerprint density at radius 3 is 2.29 bits per heavy atom. The van der Waals surface area contributed by atoms with Crippen LogP contribution in [0.5, 0.6) is 0 Å². The number of nitrogens with zero attached hydrogens (tertiary/aromatic N) is 4. The van der Waals surface area contributed by atoms with Crippen molar-refractivity contribution in [2.45, 2.75) is 20.8 Å². The molecule has 156 valence electrons. The van der Waals surface area contributed by atoms with Crippen molar-refractivity contribution in [3.8, 4) is 11.3 Å². The van der Waals surface area contributed by atoms with Crippen LogP contribution >= 0.6 is 0 Å². The van der Waals surface area contributed by atoms with Crippen molar-refractivity contribution < 1.29 is 4.79 Å². The molecule has 0 aliphatic rings. The second kappa shape index (κ2) is 8.39. The van der Waals surface area contributed by atoms with Gasteiger partial charge in [0.05, 0.1) is 11.9 Å². The molecule has 2 aromatic carbocycles. The minimum absolute atomic E-state index is 0.144. The predicted molar refractivity (Wildman–Crippen MR) is 123 cm³/mol. The van der Waals surface area contributed by atoms with Gasteiger partial charge < -0.3 is 10.6 Å². The van der Waals surface area contributed by atoms with Crippen LogP contribution in [-0.4, -0.2) is 25.7 Å². The molecule has 0 unspecified atom stereocenters. The van der Waals surface area contributed by atoms with E-state index in [2.05, 4.69) is 25.7 Å². The van der Waals surface area contributed by atoms with Crippen LogP contribution in [0.1, 0.15) is 27.0 Å². The van der Waals surface area contributed by atoms with E-state index in [1.807, 2.05) is 64.3 Å². The molecule has 0 radical (unpaired) electrons. The number of aryl methyl sites for hydroxylation is 4. The van der Waals surface area contributed by atoms with Gasteiger partial charge in [-0.15, -0.1) is 0 Å². The third-order valence-electron chi connectivity index (χ3n) is 5.07. The lowest BCUT2D eigenvalue weighted by atomic mass is 10.1. The van der Waals surface area contributed by atoms with Crippen LogP contribution in [-0.2, 0) is 7.05 Å². The normalized spacial score (nSPS) is 10.7. The number of carbonyl (C=O) groups excluding carboxylic acids is 1. The van der Waals surface area contributed by atoms with Crippen LogP contribution in [0.4, 0.5) is 17.3 Å². The molecule has 0 aliphatic heterocycles. The molecule has 0 bridgehead atoms. The second-order valence-electron chi connectivity index (χ2n) is 7.55. The first kappa shape index (κ1) is 20.3. The molecule has 7 heteroatoms. The fourth-order valence-corrected chi connectivity index (χ4v) is 3.37. The molecule has 0 saturated heterocycles. The Morgan fingerprint density at radius 2 is 1.65 bits per heavy atom. The van der Waals surface area contributed by atoms with Gasteiger partial charge in [0, 0.05) is 41.9 Å². The van der Waals surface area contributed by atoms with Gasteiger partial charge in [-0.05, 0) is 61.7 Å². The molecular formula is C24H24N6O. The smallest absolute Gasteiger partial charge is 0.255 e. The molecule has 4 aromatic rings. The zero-order valence-electron chi connectivity index (χ0n) is 18.0. The van der Waals surface area contributed by atoms with E-state index in [1.54, 1.807) is 29.2 Å². The van der Waals surface area contributed by atoms with Crippen molar-refractivity contribution in [1.29, 1.82) is 0 Å². The fraction of sp³-hybridized carbons (Fsp3) is 0.167. The third-order valence-corrected chi connectivity index (χ3v) is 5.07. The van der Waals surface area contributed by atoms with E-state index in [1.165, 1.54) is 0 Å². The lowest BCUT2D eigenvalue weighted by Crippen LogP contribution is -2.13. The largest absolute Gasteiger partial charge is 0.324 e. The van der Waals surface area contributed by atoms with Crippen LogP contribution in [0.2, 0.25) is 0 Å².